The van der Waals surface area contributed by atoms with Crippen molar-refractivity contribution >= 4 is 17.7 Å². The van der Waals surface area contributed by atoms with Gasteiger partial charge in [0.1, 0.15) is 5.75 Å². The van der Waals surface area contributed by atoms with Gasteiger partial charge in [-0.25, -0.2) is 0 Å². The first-order valence-corrected chi connectivity index (χ1v) is 10.5. The number of amides is 1. The Labute approximate surface area is 163 Å². The number of tetrazole rings is 1. The summed E-state index contributed by atoms with van der Waals surface area (Å²) in [7, 11) is 1.63. The molecule has 1 aromatic carbocycles. The van der Waals surface area contributed by atoms with Crippen LogP contribution < -0.4 is 10.1 Å². The van der Waals surface area contributed by atoms with Gasteiger partial charge in [0, 0.05) is 6.04 Å². The van der Waals surface area contributed by atoms with Crippen LogP contribution in [0.1, 0.15) is 32.6 Å². The highest BCUT2D eigenvalue weighted by molar-refractivity contribution is 7.99. The molecule has 2 aliphatic rings. The van der Waals surface area contributed by atoms with Crippen molar-refractivity contribution in [3.8, 4) is 11.4 Å². The molecule has 0 radical (unpaired) electrons. The molecule has 4 atom stereocenters. The van der Waals surface area contributed by atoms with Crippen LogP contribution in [0.5, 0.6) is 5.75 Å². The number of hydrogen-bond donors (Lipinski definition) is 1. The molecular weight excluding hydrogens is 362 g/mol. The van der Waals surface area contributed by atoms with Crippen molar-refractivity contribution in [3.63, 3.8) is 0 Å². The molecule has 0 aliphatic heterocycles. The minimum absolute atomic E-state index is 0.0413. The van der Waals surface area contributed by atoms with Crippen LogP contribution in [0.15, 0.2) is 29.4 Å². The minimum Gasteiger partial charge on any atom is -0.497 e. The van der Waals surface area contributed by atoms with Crippen molar-refractivity contribution in [1.82, 2.24) is 25.5 Å². The summed E-state index contributed by atoms with van der Waals surface area (Å²) in [4.78, 5) is 12.4. The fourth-order valence-corrected chi connectivity index (χ4v) is 5.30. The fourth-order valence-electron chi connectivity index (χ4n) is 4.59. The topological polar surface area (TPSA) is 81.9 Å². The van der Waals surface area contributed by atoms with Gasteiger partial charge in [0.25, 0.3) is 0 Å². The van der Waals surface area contributed by atoms with Crippen LogP contribution >= 0.6 is 11.8 Å². The monoisotopic (exact) mass is 387 g/mol. The summed E-state index contributed by atoms with van der Waals surface area (Å²) < 4.78 is 6.81. The second-order valence-electron chi connectivity index (χ2n) is 7.55. The predicted octanol–water partition coefficient (Wildman–Crippen LogP) is 2.70. The van der Waals surface area contributed by atoms with Crippen LogP contribution in [0.2, 0.25) is 0 Å². The molecule has 1 aromatic heterocycles. The molecular formula is C19H25N5O2S. The zero-order valence-corrected chi connectivity index (χ0v) is 16.5. The average molecular weight is 388 g/mol. The van der Waals surface area contributed by atoms with E-state index in [0.29, 0.717) is 16.8 Å². The average Bonchev–Trinajstić information content (AvgIpc) is 3.43. The number of aromatic nitrogens is 4. The molecule has 27 heavy (non-hydrogen) atoms. The van der Waals surface area contributed by atoms with Crippen molar-refractivity contribution in [1.29, 1.82) is 0 Å². The number of nitrogens with one attached hydrogen (secondary N) is 1. The molecule has 4 rings (SSSR count). The van der Waals surface area contributed by atoms with E-state index in [2.05, 4.69) is 27.8 Å². The molecule has 2 fully saturated rings. The highest BCUT2D eigenvalue weighted by Crippen LogP contribution is 2.49. The summed E-state index contributed by atoms with van der Waals surface area (Å²) in [6.07, 6.45) is 5.35. The third-order valence-corrected chi connectivity index (χ3v) is 6.83. The number of carbonyl (C=O) groups excluding carboxylic acids is 1. The van der Waals surface area contributed by atoms with Crippen LogP contribution in [-0.2, 0) is 4.79 Å². The first-order chi connectivity index (χ1) is 13.1. The Bertz CT molecular complexity index is 794. The summed E-state index contributed by atoms with van der Waals surface area (Å²) in [5, 5.41) is 15.6. The summed E-state index contributed by atoms with van der Waals surface area (Å²) in [6.45, 7) is 2.15. The molecule has 2 saturated carbocycles. The van der Waals surface area contributed by atoms with Crippen molar-refractivity contribution in [2.24, 2.45) is 17.8 Å². The molecule has 7 nitrogen and oxygen atoms in total. The summed E-state index contributed by atoms with van der Waals surface area (Å²) in [5.74, 6) is 3.46. The maximum Gasteiger partial charge on any atom is 0.230 e. The lowest BCUT2D eigenvalue weighted by Crippen LogP contribution is -2.40. The quantitative estimate of drug-likeness (QED) is 0.736. The highest BCUT2D eigenvalue weighted by atomic mass is 32.2. The molecule has 8 heteroatoms. The zero-order chi connectivity index (χ0) is 18.8. The predicted molar refractivity (Wildman–Crippen MR) is 103 cm³/mol. The van der Waals surface area contributed by atoms with E-state index in [9.17, 15) is 4.79 Å². The Morgan fingerprint density at radius 3 is 2.81 bits per heavy atom. The van der Waals surface area contributed by atoms with E-state index >= 15 is 0 Å². The third-order valence-electron chi connectivity index (χ3n) is 5.91. The number of benzene rings is 1. The number of hydrogen-bond acceptors (Lipinski definition) is 6. The maximum atomic E-state index is 12.4. The molecule has 2 bridgehead atoms. The van der Waals surface area contributed by atoms with Crippen molar-refractivity contribution in [3.05, 3.63) is 24.3 Å². The minimum atomic E-state index is 0.0413. The molecule has 1 heterocycles. The summed E-state index contributed by atoms with van der Waals surface area (Å²) >= 11 is 1.35. The van der Waals surface area contributed by atoms with Gasteiger partial charge in [0.05, 0.1) is 18.6 Å². The van der Waals surface area contributed by atoms with Gasteiger partial charge in [-0.05, 0) is 78.6 Å². The number of carbonyl (C=O) groups is 1. The van der Waals surface area contributed by atoms with Crippen molar-refractivity contribution in [2.75, 3.05) is 12.9 Å². The summed E-state index contributed by atoms with van der Waals surface area (Å²) in [5.41, 5.74) is 0.832. The number of nitrogens with zero attached hydrogens (tertiary/aromatic N) is 4. The molecule has 2 aliphatic carbocycles. The van der Waals surface area contributed by atoms with Gasteiger partial charge in [-0.3, -0.25) is 4.79 Å². The first kappa shape index (κ1) is 18.3. The first-order valence-electron chi connectivity index (χ1n) is 9.49. The third kappa shape index (κ3) is 3.95. The number of thioether (sulfide) groups is 1. The normalized spacial score (nSPS) is 24.7. The Kier molecular flexibility index (Phi) is 5.33. The fraction of sp³-hybridized carbons (Fsp3) is 0.579. The summed E-state index contributed by atoms with van der Waals surface area (Å²) in [6, 6.07) is 7.73. The van der Waals surface area contributed by atoms with Gasteiger partial charge < -0.3 is 10.1 Å². The molecule has 2 aromatic rings. The standard InChI is InChI=1S/C19H25N5O2S/c1-12(17-10-13-3-4-14(17)9-13)20-18(25)11-27-19-21-22-23-24(19)15-5-7-16(26-2)8-6-15/h5-8,12-14,17H,3-4,9-11H2,1-2H3,(H,20,25). The Morgan fingerprint density at radius 2 is 2.15 bits per heavy atom. The molecule has 144 valence electrons. The number of rotatable bonds is 7. The Balaban J connectivity index is 1.32. The molecule has 0 saturated heterocycles. The van der Waals surface area contributed by atoms with E-state index < -0.39 is 0 Å². The zero-order valence-electron chi connectivity index (χ0n) is 15.7. The van der Waals surface area contributed by atoms with Crippen LogP contribution in [-0.4, -0.2) is 45.0 Å². The van der Waals surface area contributed by atoms with E-state index in [1.807, 2.05) is 24.3 Å². The van der Waals surface area contributed by atoms with Gasteiger partial charge >= 0.3 is 0 Å². The molecule has 1 N–H and O–H groups in total. The van der Waals surface area contributed by atoms with Gasteiger partial charge in [0.2, 0.25) is 11.1 Å². The molecule has 1 amide bonds. The second kappa shape index (κ2) is 7.88. The lowest BCUT2D eigenvalue weighted by Gasteiger charge is -2.28. The number of methoxy groups -OCH3 is 1. The Morgan fingerprint density at radius 1 is 1.33 bits per heavy atom. The van der Waals surface area contributed by atoms with Gasteiger partial charge in [-0.15, -0.1) is 5.10 Å². The van der Waals surface area contributed by atoms with E-state index in [1.165, 1.54) is 37.4 Å². The van der Waals surface area contributed by atoms with Gasteiger partial charge in [-0.2, -0.15) is 4.68 Å². The van der Waals surface area contributed by atoms with Crippen LogP contribution in [0, 0.1) is 17.8 Å². The Hall–Kier alpha value is -2.09. The lowest BCUT2D eigenvalue weighted by molar-refractivity contribution is -0.119. The van der Waals surface area contributed by atoms with E-state index in [-0.39, 0.29) is 11.9 Å². The number of fused-ring (bicyclic) bond motifs is 2. The molecule has 4 unspecified atom stereocenters. The van der Waals surface area contributed by atoms with E-state index in [1.54, 1.807) is 11.8 Å². The SMILES string of the molecule is COc1ccc(-n2nnnc2SCC(=O)NC(C)C2CC3CCC2C3)cc1. The van der Waals surface area contributed by atoms with Crippen LogP contribution in [0.25, 0.3) is 5.69 Å². The van der Waals surface area contributed by atoms with Crippen LogP contribution in [0.3, 0.4) is 0 Å². The van der Waals surface area contributed by atoms with E-state index in [0.717, 1.165) is 23.3 Å². The van der Waals surface area contributed by atoms with E-state index in [4.69, 9.17) is 4.74 Å². The largest absolute Gasteiger partial charge is 0.497 e. The lowest BCUT2D eigenvalue weighted by atomic mass is 9.84. The van der Waals surface area contributed by atoms with Gasteiger partial charge in [-0.1, -0.05) is 18.2 Å². The smallest absolute Gasteiger partial charge is 0.230 e. The van der Waals surface area contributed by atoms with Gasteiger partial charge in [0.15, 0.2) is 0 Å². The van der Waals surface area contributed by atoms with Crippen molar-refractivity contribution < 1.29 is 9.53 Å². The maximum absolute atomic E-state index is 12.4. The van der Waals surface area contributed by atoms with Crippen molar-refractivity contribution in [2.45, 2.75) is 43.8 Å². The number of ether oxygens (including phenoxy) is 1. The second-order valence-corrected chi connectivity index (χ2v) is 8.50. The van der Waals surface area contributed by atoms with Crippen LogP contribution in [0.4, 0.5) is 0 Å². The highest BCUT2D eigenvalue weighted by Gasteiger charge is 2.42. The molecule has 0 spiro atoms.